The quantitative estimate of drug-likeness (QED) is 0.467. The second-order valence-corrected chi connectivity index (χ2v) is 5.93. The molecule has 0 aliphatic rings. The van der Waals surface area contributed by atoms with Crippen LogP contribution in [0.15, 0.2) is 42.5 Å². The molecule has 0 saturated heterocycles. The van der Waals surface area contributed by atoms with Crippen molar-refractivity contribution in [2.75, 3.05) is 0 Å². The van der Waals surface area contributed by atoms with Crippen molar-refractivity contribution in [3.63, 3.8) is 0 Å². The number of nitro groups is 1. The van der Waals surface area contributed by atoms with E-state index >= 15 is 0 Å². The molecule has 3 rings (SSSR count). The summed E-state index contributed by atoms with van der Waals surface area (Å²) in [5.41, 5.74) is 2.01. The number of halogens is 1. The molecule has 0 aliphatic heterocycles. The summed E-state index contributed by atoms with van der Waals surface area (Å²) < 4.78 is 1.19. The van der Waals surface area contributed by atoms with E-state index in [1.165, 1.54) is 22.2 Å². The summed E-state index contributed by atoms with van der Waals surface area (Å²) in [4.78, 5) is 11.4. The number of hydrogen-bond donors (Lipinski definition) is 0. The molecule has 0 aliphatic carbocycles. The molecule has 0 radical (unpaired) electrons. The molecule has 3 nitrogen and oxygen atoms in total. The molecule has 0 saturated carbocycles. The lowest BCUT2D eigenvalue weighted by atomic mass is 10.1. The standard InChI is InChI=1S/C15H10ClNO2S/c1-9-11-4-2-3-5-14(11)20-15(9)12-7-6-10(17(18)19)8-13(12)16/h2-8H,1H3. The Balaban J connectivity index is 2.20. The molecule has 1 heterocycles. The summed E-state index contributed by atoms with van der Waals surface area (Å²) in [5, 5.41) is 12.4. The van der Waals surface area contributed by atoms with Crippen LogP contribution in [0.2, 0.25) is 5.02 Å². The van der Waals surface area contributed by atoms with Crippen molar-refractivity contribution in [3.8, 4) is 10.4 Å². The molecule has 0 bridgehead atoms. The highest BCUT2D eigenvalue weighted by Crippen LogP contribution is 2.41. The molecular weight excluding hydrogens is 294 g/mol. The maximum atomic E-state index is 10.8. The van der Waals surface area contributed by atoms with Gasteiger partial charge in [-0.25, -0.2) is 0 Å². The van der Waals surface area contributed by atoms with Gasteiger partial charge >= 0.3 is 0 Å². The predicted octanol–water partition coefficient (Wildman–Crippen LogP) is 5.44. The number of benzene rings is 2. The Morgan fingerprint density at radius 2 is 1.95 bits per heavy atom. The average Bonchev–Trinajstić information content (AvgIpc) is 2.76. The molecule has 0 amide bonds. The van der Waals surface area contributed by atoms with E-state index in [0.717, 1.165) is 16.0 Å². The largest absolute Gasteiger partial charge is 0.270 e. The highest BCUT2D eigenvalue weighted by molar-refractivity contribution is 7.22. The number of hydrogen-bond acceptors (Lipinski definition) is 3. The third-order valence-corrected chi connectivity index (χ3v) is 4.87. The fraction of sp³-hybridized carbons (Fsp3) is 0.0667. The van der Waals surface area contributed by atoms with Gasteiger partial charge in [0.25, 0.3) is 5.69 Å². The van der Waals surface area contributed by atoms with E-state index in [-0.39, 0.29) is 5.69 Å². The molecule has 20 heavy (non-hydrogen) atoms. The van der Waals surface area contributed by atoms with Crippen molar-refractivity contribution in [1.82, 2.24) is 0 Å². The van der Waals surface area contributed by atoms with Crippen LogP contribution in [0.5, 0.6) is 0 Å². The van der Waals surface area contributed by atoms with Crippen LogP contribution in [0.3, 0.4) is 0 Å². The lowest BCUT2D eigenvalue weighted by Gasteiger charge is -2.03. The van der Waals surface area contributed by atoms with Gasteiger partial charge in [0, 0.05) is 27.3 Å². The maximum Gasteiger partial charge on any atom is 0.270 e. The van der Waals surface area contributed by atoms with E-state index in [4.69, 9.17) is 11.6 Å². The van der Waals surface area contributed by atoms with Crippen LogP contribution < -0.4 is 0 Å². The minimum atomic E-state index is -0.437. The molecule has 0 spiro atoms. The second kappa shape index (κ2) is 4.89. The minimum Gasteiger partial charge on any atom is -0.258 e. The summed E-state index contributed by atoms with van der Waals surface area (Å²) in [6, 6.07) is 12.8. The maximum absolute atomic E-state index is 10.8. The Morgan fingerprint density at radius 1 is 1.20 bits per heavy atom. The molecular formula is C15H10ClNO2S. The summed E-state index contributed by atoms with van der Waals surface area (Å²) in [6.07, 6.45) is 0. The number of fused-ring (bicyclic) bond motifs is 1. The molecule has 0 atom stereocenters. The zero-order valence-electron chi connectivity index (χ0n) is 10.6. The van der Waals surface area contributed by atoms with Gasteiger partial charge in [-0.15, -0.1) is 11.3 Å². The Kier molecular flexibility index (Phi) is 3.20. The molecule has 0 N–H and O–H groups in total. The van der Waals surface area contributed by atoms with Crippen LogP contribution in [-0.4, -0.2) is 4.92 Å². The Morgan fingerprint density at radius 3 is 2.60 bits per heavy atom. The van der Waals surface area contributed by atoms with E-state index in [1.807, 2.05) is 19.1 Å². The Bertz CT molecular complexity index is 826. The van der Waals surface area contributed by atoms with Crippen molar-refractivity contribution in [2.45, 2.75) is 6.92 Å². The van der Waals surface area contributed by atoms with Crippen LogP contribution in [0.1, 0.15) is 5.56 Å². The minimum absolute atomic E-state index is 0.0116. The van der Waals surface area contributed by atoms with Crippen molar-refractivity contribution in [1.29, 1.82) is 0 Å². The topological polar surface area (TPSA) is 43.1 Å². The zero-order chi connectivity index (χ0) is 14.3. The monoisotopic (exact) mass is 303 g/mol. The molecule has 5 heteroatoms. The SMILES string of the molecule is Cc1c(-c2ccc([N+](=O)[O-])cc2Cl)sc2ccccc12. The van der Waals surface area contributed by atoms with E-state index < -0.39 is 4.92 Å². The lowest BCUT2D eigenvalue weighted by molar-refractivity contribution is -0.384. The smallest absolute Gasteiger partial charge is 0.258 e. The van der Waals surface area contributed by atoms with E-state index in [2.05, 4.69) is 12.1 Å². The van der Waals surface area contributed by atoms with Crippen LogP contribution in [0, 0.1) is 17.0 Å². The van der Waals surface area contributed by atoms with E-state index in [0.29, 0.717) is 5.02 Å². The van der Waals surface area contributed by atoms with E-state index in [1.54, 1.807) is 17.4 Å². The van der Waals surface area contributed by atoms with Gasteiger partial charge in [0.1, 0.15) is 0 Å². The summed E-state index contributed by atoms with van der Waals surface area (Å²) in [6.45, 7) is 2.05. The number of thiophene rings is 1. The lowest BCUT2D eigenvalue weighted by Crippen LogP contribution is -1.88. The second-order valence-electron chi connectivity index (χ2n) is 4.47. The third kappa shape index (κ3) is 2.07. The summed E-state index contributed by atoms with van der Waals surface area (Å²) >= 11 is 7.86. The molecule has 0 unspecified atom stereocenters. The average molecular weight is 304 g/mol. The van der Waals surface area contributed by atoms with Gasteiger partial charge in [-0.2, -0.15) is 0 Å². The number of rotatable bonds is 2. The fourth-order valence-corrected chi connectivity index (χ4v) is 3.81. The summed E-state index contributed by atoms with van der Waals surface area (Å²) in [7, 11) is 0. The number of nitro benzene ring substituents is 1. The molecule has 100 valence electrons. The van der Waals surface area contributed by atoms with Gasteiger partial charge in [-0.3, -0.25) is 10.1 Å². The van der Waals surface area contributed by atoms with Gasteiger partial charge in [0.2, 0.25) is 0 Å². The zero-order valence-corrected chi connectivity index (χ0v) is 12.2. The van der Waals surface area contributed by atoms with Crippen molar-refractivity contribution in [3.05, 3.63) is 63.2 Å². The number of nitrogens with zero attached hydrogens (tertiary/aromatic N) is 1. The van der Waals surface area contributed by atoms with Crippen LogP contribution in [0.4, 0.5) is 5.69 Å². The van der Waals surface area contributed by atoms with Gasteiger partial charge < -0.3 is 0 Å². The Hall–Kier alpha value is -1.91. The highest BCUT2D eigenvalue weighted by atomic mass is 35.5. The first-order valence-corrected chi connectivity index (χ1v) is 7.20. The van der Waals surface area contributed by atoms with E-state index in [9.17, 15) is 10.1 Å². The van der Waals surface area contributed by atoms with Crippen LogP contribution in [-0.2, 0) is 0 Å². The first-order chi connectivity index (χ1) is 9.58. The predicted molar refractivity (Wildman–Crippen MR) is 83.7 cm³/mol. The highest BCUT2D eigenvalue weighted by Gasteiger charge is 2.15. The van der Waals surface area contributed by atoms with Crippen molar-refractivity contribution < 1.29 is 4.92 Å². The third-order valence-electron chi connectivity index (χ3n) is 3.25. The Labute approximate surface area is 124 Å². The van der Waals surface area contributed by atoms with Crippen molar-refractivity contribution >= 4 is 38.7 Å². The number of aryl methyl sites for hydroxylation is 1. The summed E-state index contributed by atoms with van der Waals surface area (Å²) in [5.74, 6) is 0. The van der Waals surface area contributed by atoms with Crippen LogP contribution in [0.25, 0.3) is 20.5 Å². The van der Waals surface area contributed by atoms with Gasteiger partial charge in [-0.05, 0) is 30.0 Å². The van der Waals surface area contributed by atoms with Crippen molar-refractivity contribution in [2.24, 2.45) is 0 Å². The first-order valence-electron chi connectivity index (χ1n) is 6.00. The van der Waals surface area contributed by atoms with Crippen LogP contribution >= 0.6 is 22.9 Å². The molecule has 3 aromatic rings. The molecule has 2 aromatic carbocycles. The fourth-order valence-electron chi connectivity index (χ4n) is 2.23. The normalized spacial score (nSPS) is 10.9. The van der Waals surface area contributed by atoms with Gasteiger partial charge in [-0.1, -0.05) is 29.8 Å². The molecule has 0 fully saturated rings. The molecule has 1 aromatic heterocycles. The van der Waals surface area contributed by atoms with Gasteiger partial charge in [0.05, 0.1) is 9.95 Å². The van der Waals surface area contributed by atoms with Gasteiger partial charge in [0.15, 0.2) is 0 Å². The first kappa shape index (κ1) is 13.1. The number of non-ortho nitro benzene ring substituents is 1.